The number of hydrogen-bond donors (Lipinski definition) is 2. The van der Waals surface area contributed by atoms with E-state index in [4.69, 9.17) is 10.5 Å². The lowest BCUT2D eigenvalue weighted by Gasteiger charge is -2.30. The van der Waals surface area contributed by atoms with Gasteiger partial charge in [0.1, 0.15) is 11.3 Å². The predicted octanol–water partition coefficient (Wildman–Crippen LogP) is 0.237. The number of anilines is 1. The van der Waals surface area contributed by atoms with Crippen molar-refractivity contribution < 1.29 is 14.5 Å². The lowest BCUT2D eigenvalue weighted by Crippen LogP contribution is -2.46. The number of ether oxygens (including phenoxy) is 1. The second-order valence-corrected chi connectivity index (χ2v) is 4.97. The summed E-state index contributed by atoms with van der Waals surface area (Å²) < 4.78 is 5.52. The Kier molecular flexibility index (Phi) is 4.71. The Morgan fingerprint density at radius 2 is 2.38 bits per heavy atom. The maximum atomic E-state index is 12.1. The molecule has 1 atom stereocenters. The van der Waals surface area contributed by atoms with Crippen LogP contribution in [0.2, 0.25) is 0 Å². The van der Waals surface area contributed by atoms with Crippen molar-refractivity contribution >= 4 is 17.3 Å². The van der Waals surface area contributed by atoms with Crippen molar-refractivity contribution in [3.8, 4) is 0 Å². The first-order valence-electron chi connectivity index (χ1n) is 6.60. The summed E-state index contributed by atoms with van der Waals surface area (Å²) in [6, 6.07) is 4.30. The van der Waals surface area contributed by atoms with Crippen LogP contribution in [0.25, 0.3) is 0 Å². The van der Waals surface area contributed by atoms with Crippen molar-refractivity contribution in [1.29, 1.82) is 0 Å². The average molecular weight is 294 g/mol. The van der Waals surface area contributed by atoms with Crippen LogP contribution in [0.3, 0.4) is 0 Å². The number of morpholine rings is 1. The van der Waals surface area contributed by atoms with Crippen molar-refractivity contribution in [2.24, 2.45) is 0 Å². The van der Waals surface area contributed by atoms with E-state index in [1.807, 2.05) is 7.05 Å². The van der Waals surface area contributed by atoms with Gasteiger partial charge in [0.2, 0.25) is 0 Å². The number of nitrogens with one attached hydrogen (secondary N) is 1. The first kappa shape index (κ1) is 15.2. The molecule has 8 heteroatoms. The topological polar surface area (TPSA) is 111 Å². The molecule has 1 heterocycles. The van der Waals surface area contributed by atoms with E-state index in [1.165, 1.54) is 18.2 Å². The molecule has 8 nitrogen and oxygen atoms in total. The van der Waals surface area contributed by atoms with Gasteiger partial charge in [-0.2, -0.15) is 0 Å². The second-order valence-electron chi connectivity index (χ2n) is 4.97. The minimum atomic E-state index is -0.644. The third-order valence-corrected chi connectivity index (χ3v) is 3.33. The summed E-state index contributed by atoms with van der Waals surface area (Å²) in [7, 11) is 1.97. The molecule has 0 spiro atoms. The zero-order valence-electron chi connectivity index (χ0n) is 11.7. The first-order chi connectivity index (χ1) is 9.99. The van der Waals surface area contributed by atoms with Crippen LogP contribution in [0.5, 0.6) is 0 Å². The minimum absolute atomic E-state index is 0.0266. The van der Waals surface area contributed by atoms with Crippen LogP contribution in [-0.2, 0) is 4.74 Å². The smallest absolute Gasteiger partial charge is 0.304 e. The molecule has 114 valence electrons. The van der Waals surface area contributed by atoms with E-state index in [0.29, 0.717) is 19.7 Å². The average Bonchev–Trinajstić information content (AvgIpc) is 2.44. The van der Waals surface area contributed by atoms with Crippen LogP contribution in [-0.4, -0.2) is 55.1 Å². The second kappa shape index (κ2) is 6.51. The Balaban J connectivity index is 2.04. The molecule has 1 fully saturated rings. The zero-order chi connectivity index (χ0) is 15.4. The maximum absolute atomic E-state index is 12.1. The number of para-hydroxylation sites is 1. The van der Waals surface area contributed by atoms with E-state index in [2.05, 4.69) is 10.2 Å². The van der Waals surface area contributed by atoms with Gasteiger partial charge < -0.3 is 20.7 Å². The van der Waals surface area contributed by atoms with E-state index >= 15 is 0 Å². The number of nitro groups is 1. The minimum Gasteiger partial charge on any atom is -0.393 e. The van der Waals surface area contributed by atoms with Crippen molar-refractivity contribution in [3.05, 3.63) is 33.9 Å². The van der Waals surface area contributed by atoms with Crippen LogP contribution in [0.4, 0.5) is 11.4 Å². The maximum Gasteiger partial charge on any atom is 0.304 e. The quantitative estimate of drug-likeness (QED) is 0.467. The molecule has 21 heavy (non-hydrogen) atoms. The van der Waals surface area contributed by atoms with Crippen LogP contribution >= 0.6 is 0 Å². The van der Waals surface area contributed by atoms with Crippen molar-refractivity contribution in [3.63, 3.8) is 0 Å². The fourth-order valence-electron chi connectivity index (χ4n) is 2.24. The summed E-state index contributed by atoms with van der Waals surface area (Å²) in [6.07, 6.45) is -0.118. The molecular formula is C13H18N4O4. The Hall–Kier alpha value is -2.19. The summed E-state index contributed by atoms with van der Waals surface area (Å²) in [6.45, 7) is 2.47. The molecule has 0 radical (unpaired) electrons. The van der Waals surface area contributed by atoms with Gasteiger partial charge in [-0.3, -0.25) is 14.9 Å². The lowest BCUT2D eigenvalue weighted by molar-refractivity contribution is -0.384. The summed E-state index contributed by atoms with van der Waals surface area (Å²) in [5.41, 5.74) is 5.14. The summed E-state index contributed by atoms with van der Waals surface area (Å²) in [5, 5.41) is 13.7. The molecule has 0 aromatic heterocycles. The van der Waals surface area contributed by atoms with E-state index in [1.54, 1.807) is 0 Å². The molecule has 2 rings (SSSR count). The molecule has 1 aliphatic rings. The number of rotatable bonds is 4. The van der Waals surface area contributed by atoms with Crippen molar-refractivity contribution in [2.75, 3.05) is 39.0 Å². The number of carbonyl (C=O) groups is 1. The Morgan fingerprint density at radius 3 is 3.05 bits per heavy atom. The molecule has 1 aliphatic heterocycles. The van der Waals surface area contributed by atoms with Crippen LogP contribution in [0, 0.1) is 10.1 Å². The number of nitrogen functional groups attached to an aromatic ring is 1. The Labute approximate surface area is 122 Å². The normalized spacial score (nSPS) is 19.2. The number of likely N-dealkylation sites (N-methyl/N-ethyl adjacent to an activating group) is 1. The molecule has 1 aromatic rings. The lowest BCUT2D eigenvalue weighted by atomic mass is 10.1. The van der Waals surface area contributed by atoms with Gasteiger partial charge in [0.05, 0.1) is 17.6 Å². The molecule has 3 N–H and O–H groups in total. The van der Waals surface area contributed by atoms with Crippen LogP contribution in [0.15, 0.2) is 18.2 Å². The third-order valence-electron chi connectivity index (χ3n) is 3.33. The predicted molar refractivity (Wildman–Crippen MR) is 77.1 cm³/mol. The molecule has 1 amide bonds. The molecule has 0 saturated carbocycles. The monoisotopic (exact) mass is 294 g/mol. The van der Waals surface area contributed by atoms with E-state index in [0.717, 1.165) is 6.54 Å². The number of benzene rings is 1. The highest BCUT2D eigenvalue weighted by atomic mass is 16.6. The fraction of sp³-hybridized carbons (Fsp3) is 0.462. The highest BCUT2D eigenvalue weighted by molar-refractivity contribution is 6.00. The summed E-state index contributed by atoms with van der Waals surface area (Å²) >= 11 is 0. The Morgan fingerprint density at radius 1 is 1.62 bits per heavy atom. The molecule has 0 bridgehead atoms. The van der Waals surface area contributed by atoms with Crippen LogP contribution in [0.1, 0.15) is 10.4 Å². The van der Waals surface area contributed by atoms with Gasteiger partial charge in [0, 0.05) is 19.6 Å². The van der Waals surface area contributed by atoms with Gasteiger partial charge >= 0.3 is 5.69 Å². The standard InChI is InChI=1S/C13H18N4O4/c1-16-5-6-21-9(8-16)7-15-13(18)10-3-2-4-11(14)12(10)17(19)20/h2-4,9H,5-8,14H2,1H3,(H,15,18). The van der Waals surface area contributed by atoms with Gasteiger partial charge in [-0.1, -0.05) is 6.07 Å². The van der Waals surface area contributed by atoms with Crippen molar-refractivity contribution in [1.82, 2.24) is 10.2 Å². The molecule has 1 saturated heterocycles. The fourth-order valence-corrected chi connectivity index (χ4v) is 2.24. The van der Waals surface area contributed by atoms with Crippen molar-refractivity contribution in [2.45, 2.75) is 6.10 Å². The highest BCUT2D eigenvalue weighted by Crippen LogP contribution is 2.25. The number of nitro benzene ring substituents is 1. The van der Waals surface area contributed by atoms with Gasteiger partial charge in [0.25, 0.3) is 5.91 Å². The first-order valence-corrected chi connectivity index (χ1v) is 6.60. The zero-order valence-corrected chi connectivity index (χ0v) is 11.7. The highest BCUT2D eigenvalue weighted by Gasteiger charge is 2.24. The van der Waals surface area contributed by atoms with Gasteiger partial charge in [-0.15, -0.1) is 0 Å². The van der Waals surface area contributed by atoms with Gasteiger partial charge in [0.15, 0.2) is 0 Å². The van der Waals surface area contributed by atoms with Gasteiger partial charge in [-0.05, 0) is 19.2 Å². The Bertz CT molecular complexity index is 549. The SMILES string of the molecule is CN1CCOC(CNC(=O)c2cccc(N)c2[N+](=O)[O-])C1. The number of carbonyl (C=O) groups excluding carboxylic acids is 1. The van der Waals surface area contributed by atoms with E-state index in [9.17, 15) is 14.9 Å². The molecule has 0 aliphatic carbocycles. The third kappa shape index (κ3) is 3.67. The summed E-state index contributed by atoms with van der Waals surface area (Å²) in [4.78, 5) is 24.6. The summed E-state index contributed by atoms with van der Waals surface area (Å²) in [5.74, 6) is -0.522. The number of nitrogens with zero attached hydrogens (tertiary/aromatic N) is 2. The van der Waals surface area contributed by atoms with Gasteiger partial charge in [-0.25, -0.2) is 0 Å². The number of amides is 1. The largest absolute Gasteiger partial charge is 0.393 e. The molecule has 1 aromatic carbocycles. The van der Waals surface area contributed by atoms with Crippen LogP contribution < -0.4 is 11.1 Å². The number of nitrogens with two attached hydrogens (primary N) is 1. The van der Waals surface area contributed by atoms with E-state index < -0.39 is 10.8 Å². The molecule has 1 unspecified atom stereocenters. The molecular weight excluding hydrogens is 276 g/mol. The van der Waals surface area contributed by atoms with E-state index in [-0.39, 0.29) is 23.0 Å². The number of hydrogen-bond acceptors (Lipinski definition) is 6.